The molecule has 0 aliphatic carbocycles. The summed E-state index contributed by atoms with van der Waals surface area (Å²) in [6.45, 7) is 2.03. The fraction of sp³-hybridized carbons (Fsp3) is 0.150. The molecule has 3 rings (SSSR count). The maximum Gasteiger partial charge on any atom is 0.224 e. The summed E-state index contributed by atoms with van der Waals surface area (Å²) in [6.07, 6.45) is 0.294. The molecule has 0 radical (unpaired) electrons. The molecular formula is C20H17N3O. The Morgan fingerprint density at radius 3 is 2.75 bits per heavy atom. The molecule has 0 aliphatic heterocycles. The molecule has 24 heavy (non-hydrogen) atoms. The van der Waals surface area contributed by atoms with E-state index >= 15 is 0 Å². The van der Waals surface area contributed by atoms with Gasteiger partial charge in [0.05, 0.1) is 29.3 Å². The molecule has 0 atom stereocenters. The fourth-order valence-corrected chi connectivity index (χ4v) is 2.78. The Morgan fingerprint density at radius 1 is 1.21 bits per heavy atom. The smallest absolute Gasteiger partial charge is 0.224 e. The number of pyridine rings is 1. The van der Waals surface area contributed by atoms with Crippen LogP contribution in [0.3, 0.4) is 0 Å². The van der Waals surface area contributed by atoms with Crippen LogP contribution in [0.5, 0.6) is 0 Å². The van der Waals surface area contributed by atoms with Crippen LogP contribution in [0.1, 0.15) is 16.7 Å². The van der Waals surface area contributed by atoms with Crippen molar-refractivity contribution in [2.45, 2.75) is 13.3 Å². The van der Waals surface area contributed by atoms with Crippen LogP contribution < -0.4 is 5.32 Å². The summed E-state index contributed by atoms with van der Waals surface area (Å²) in [6, 6.07) is 17.5. The molecule has 0 saturated heterocycles. The molecule has 1 amide bonds. The van der Waals surface area contributed by atoms with Crippen LogP contribution in [0.2, 0.25) is 0 Å². The number of hydrogen-bond donors (Lipinski definition) is 1. The van der Waals surface area contributed by atoms with E-state index in [4.69, 9.17) is 10.2 Å². The molecule has 0 fully saturated rings. The van der Waals surface area contributed by atoms with Gasteiger partial charge >= 0.3 is 0 Å². The lowest BCUT2D eigenvalue weighted by molar-refractivity contribution is -0.119. The van der Waals surface area contributed by atoms with Crippen LogP contribution >= 0.6 is 0 Å². The van der Waals surface area contributed by atoms with E-state index in [2.05, 4.69) is 11.4 Å². The van der Waals surface area contributed by atoms with Gasteiger partial charge in [-0.05, 0) is 36.2 Å². The van der Waals surface area contributed by atoms with Gasteiger partial charge in [0.1, 0.15) is 0 Å². The topological polar surface area (TPSA) is 65.8 Å². The number of nitrogens with one attached hydrogen (secondary N) is 1. The minimum atomic E-state index is -0.0427. The molecule has 0 unspecified atom stereocenters. The third-order valence-corrected chi connectivity index (χ3v) is 4.05. The van der Waals surface area contributed by atoms with E-state index in [-0.39, 0.29) is 5.91 Å². The molecule has 118 valence electrons. The van der Waals surface area contributed by atoms with Crippen molar-refractivity contribution < 1.29 is 4.79 Å². The Hall–Kier alpha value is -3.19. The van der Waals surface area contributed by atoms with Crippen molar-refractivity contribution in [2.24, 2.45) is 0 Å². The second kappa shape index (κ2) is 6.51. The number of nitrogens with zero attached hydrogens (tertiary/aromatic N) is 2. The zero-order valence-electron chi connectivity index (χ0n) is 13.6. The van der Waals surface area contributed by atoms with E-state index in [0.29, 0.717) is 12.0 Å². The van der Waals surface area contributed by atoms with Gasteiger partial charge in [0.2, 0.25) is 5.91 Å². The summed E-state index contributed by atoms with van der Waals surface area (Å²) < 4.78 is 0. The summed E-state index contributed by atoms with van der Waals surface area (Å²) >= 11 is 0. The fourth-order valence-electron chi connectivity index (χ4n) is 2.78. The zero-order valence-corrected chi connectivity index (χ0v) is 13.6. The molecule has 0 saturated carbocycles. The number of para-hydroxylation sites is 1. The minimum absolute atomic E-state index is 0.0427. The molecule has 0 aliphatic rings. The Kier molecular flexibility index (Phi) is 4.26. The van der Waals surface area contributed by atoms with Gasteiger partial charge in [-0.3, -0.25) is 4.79 Å². The van der Waals surface area contributed by atoms with Gasteiger partial charge in [-0.1, -0.05) is 30.3 Å². The first kappa shape index (κ1) is 15.7. The van der Waals surface area contributed by atoms with E-state index < -0.39 is 0 Å². The summed E-state index contributed by atoms with van der Waals surface area (Å²) in [7, 11) is 1.63. The Labute approximate surface area is 140 Å². The number of aryl methyl sites for hydroxylation is 1. The first-order valence-corrected chi connectivity index (χ1v) is 7.72. The van der Waals surface area contributed by atoms with Crippen LogP contribution in [0.4, 0.5) is 0 Å². The van der Waals surface area contributed by atoms with Gasteiger partial charge < -0.3 is 5.32 Å². The molecule has 1 N–H and O–H groups in total. The number of carbonyl (C=O) groups excluding carboxylic acids is 1. The molecule has 1 heterocycles. The number of fused-ring (bicyclic) bond motifs is 1. The molecule has 0 bridgehead atoms. The van der Waals surface area contributed by atoms with Gasteiger partial charge in [-0.2, -0.15) is 5.26 Å². The van der Waals surface area contributed by atoms with Crippen molar-refractivity contribution in [1.82, 2.24) is 10.3 Å². The standard InChI is InChI=1S/C20H17N3O/c1-13-9-18(15-6-3-5-14(10-15)12-21)23-20-16(11-19(24)22-2)7-4-8-17(13)20/h3-10H,11H2,1-2H3,(H,22,24). The predicted octanol–water partition coefficient (Wildman–Crippen LogP) is 3.37. The van der Waals surface area contributed by atoms with Crippen LogP contribution in [-0.2, 0) is 11.2 Å². The van der Waals surface area contributed by atoms with Crippen molar-refractivity contribution in [3.05, 3.63) is 65.2 Å². The third-order valence-electron chi connectivity index (χ3n) is 4.05. The molecule has 2 aromatic carbocycles. The highest BCUT2D eigenvalue weighted by molar-refractivity contribution is 5.91. The molecule has 0 spiro atoms. The second-order valence-corrected chi connectivity index (χ2v) is 5.68. The Balaban J connectivity index is 2.19. The first-order chi connectivity index (χ1) is 11.6. The monoisotopic (exact) mass is 315 g/mol. The minimum Gasteiger partial charge on any atom is -0.359 e. The molecule has 4 nitrogen and oxygen atoms in total. The van der Waals surface area contributed by atoms with E-state index in [0.717, 1.165) is 33.3 Å². The number of rotatable bonds is 3. The maximum absolute atomic E-state index is 11.8. The molecule has 3 aromatic rings. The van der Waals surface area contributed by atoms with Crippen LogP contribution in [0.25, 0.3) is 22.2 Å². The van der Waals surface area contributed by atoms with Crippen molar-refractivity contribution in [3.8, 4) is 17.3 Å². The van der Waals surface area contributed by atoms with E-state index in [1.807, 2.05) is 49.4 Å². The van der Waals surface area contributed by atoms with Crippen LogP contribution in [0, 0.1) is 18.3 Å². The summed E-state index contributed by atoms with van der Waals surface area (Å²) in [5.74, 6) is -0.0427. The third kappa shape index (κ3) is 2.97. The lowest BCUT2D eigenvalue weighted by atomic mass is 10.0. The molecule has 4 heteroatoms. The van der Waals surface area contributed by atoms with E-state index in [1.165, 1.54) is 0 Å². The highest BCUT2D eigenvalue weighted by atomic mass is 16.1. The zero-order chi connectivity index (χ0) is 17.1. The Bertz CT molecular complexity index is 970. The highest BCUT2D eigenvalue weighted by Gasteiger charge is 2.11. The first-order valence-electron chi connectivity index (χ1n) is 7.72. The number of nitriles is 1. The number of hydrogen-bond acceptors (Lipinski definition) is 3. The lowest BCUT2D eigenvalue weighted by Gasteiger charge is -2.11. The SMILES string of the molecule is CNC(=O)Cc1cccc2c(C)cc(-c3cccc(C#N)c3)nc12. The van der Waals surface area contributed by atoms with E-state index in [1.54, 1.807) is 13.1 Å². The summed E-state index contributed by atoms with van der Waals surface area (Å²) in [4.78, 5) is 16.6. The summed E-state index contributed by atoms with van der Waals surface area (Å²) in [5.41, 5.74) is 5.13. The largest absolute Gasteiger partial charge is 0.359 e. The highest BCUT2D eigenvalue weighted by Crippen LogP contribution is 2.27. The van der Waals surface area contributed by atoms with Gasteiger partial charge in [-0.25, -0.2) is 4.98 Å². The molecule has 1 aromatic heterocycles. The normalized spacial score (nSPS) is 10.4. The Morgan fingerprint density at radius 2 is 2.00 bits per heavy atom. The van der Waals surface area contributed by atoms with Crippen molar-refractivity contribution >= 4 is 16.8 Å². The number of amides is 1. The maximum atomic E-state index is 11.8. The number of benzene rings is 2. The average molecular weight is 315 g/mol. The van der Waals surface area contributed by atoms with Gasteiger partial charge in [-0.15, -0.1) is 0 Å². The van der Waals surface area contributed by atoms with Gasteiger partial charge in [0.25, 0.3) is 0 Å². The van der Waals surface area contributed by atoms with Crippen molar-refractivity contribution in [1.29, 1.82) is 5.26 Å². The predicted molar refractivity (Wildman–Crippen MR) is 94.4 cm³/mol. The van der Waals surface area contributed by atoms with Crippen LogP contribution in [-0.4, -0.2) is 17.9 Å². The number of aromatic nitrogens is 1. The van der Waals surface area contributed by atoms with E-state index in [9.17, 15) is 4.79 Å². The van der Waals surface area contributed by atoms with Gasteiger partial charge in [0, 0.05) is 18.0 Å². The van der Waals surface area contributed by atoms with Gasteiger partial charge in [0.15, 0.2) is 0 Å². The molecular weight excluding hydrogens is 298 g/mol. The van der Waals surface area contributed by atoms with Crippen LogP contribution in [0.15, 0.2) is 48.5 Å². The average Bonchev–Trinajstić information content (AvgIpc) is 2.62. The van der Waals surface area contributed by atoms with Crippen molar-refractivity contribution in [3.63, 3.8) is 0 Å². The number of carbonyl (C=O) groups is 1. The lowest BCUT2D eigenvalue weighted by Crippen LogP contribution is -2.20. The van der Waals surface area contributed by atoms with Crippen molar-refractivity contribution in [2.75, 3.05) is 7.05 Å². The quantitative estimate of drug-likeness (QED) is 0.806. The number of likely N-dealkylation sites (N-methyl/N-ethyl adjacent to an activating group) is 1. The summed E-state index contributed by atoms with van der Waals surface area (Å²) in [5, 5.41) is 12.8. The second-order valence-electron chi connectivity index (χ2n) is 5.68.